The van der Waals surface area contributed by atoms with Crippen LogP contribution in [0.15, 0.2) is 36.7 Å². The van der Waals surface area contributed by atoms with E-state index in [-0.39, 0.29) is 31.2 Å². The fraction of sp³-hybridized carbons (Fsp3) is 0.391. The van der Waals surface area contributed by atoms with E-state index >= 15 is 0 Å². The molecule has 2 atom stereocenters. The van der Waals surface area contributed by atoms with Gasteiger partial charge in [-0.1, -0.05) is 6.07 Å². The number of benzene rings is 1. The quantitative estimate of drug-likeness (QED) is 0.453. The Kier molecular flexibility index (Phi) is 5.89. The number of aliphatic hydroxyl groups is 1. The van der Waals surface area contributed by atoms with Crippen LogP contribution in [0.25, 0.3) is 22.0 Å². The first kappa shape index (κ1) is 22.8. The SMILES string of the molecule is NC(=O)c1nn(CC(=O)N2CC(F)CC2C(=O)NC2CC(O)C2)c2ccc(-c3ccnnc3)cc12. The van der Waals surface area contributed by atoms with Crippen LogP contribution in [0, 0.1) is 0 Å². The summed E-state index contributed by atoms with van der Waals surface area (Å²) in [5, 5.41) is 24.5. The molecule has 12 heteroatoms. The molecule has 5 rings (SSSR count). The molecule has 3 aromatic rings. The average Bonchev–Trinajstić information content (AvgIpc) is 3.39. The molecule has 1 aliphatic heterocycles. The van der Waals surface area contributed by atoms with Gasteiger partial charge >= 0.3 is 0 Å². The predicted octanol–water partition coefficient (Wildman–Crippen LogP) is 0.171. The van der Waals surface area contributed by atoms with Crippen molar-refractivity contribution in [2.75, 3.05) is 6.54 Å². The second kappa shape index (κ2) is 9.02. The van der Waals surface area contributed by atoms with Gasteiger partial charge in [-0.25, -0.2) is 4.39 Å². The Hall–Kier alpha value is -3.93. The van der Waals surface area contributed by atoms with E-state index in [1.807, 2.05) is 0 Å². The van der Waals surface area contributed by atoms with Crippen LogP contribution >= 0.6 is 0 Å². The molecule has 4 N–H and O–H groups in total. The van der Waals surface area contributed by atoms with E-state index < -0.39 is 36.0 Å². The van der Waals surface area contributed by atoms with Crippen LogP contribution in [0.5, 0.6) is 0 Å². The van der Waals surface area contributed by atoms with E-state index in [2.05, 4.69) is 20.6 Å². The van der Waals surface area contributed by atoms with Crippen molar-refractivity contribution >= 4 is 28.6 Å². The number of amides is 3. The van der Waals surface area contributed by atoms with Crippen LogP contribution in [-0.2, 0) is 16.1 Å². The van der Waals surface area contributed by atoms with Crippen molar-refractivity contribution in [1.29, 1.82) is 0 Å². The lowest BCUT2D eigenvalue weighted by Gasteiger charge is -2.34. The van der Waals surface area contributed by atoms with Crippen LogP contribution in [0.2, 0.25) is 0 Å². The molecule has 3 heterocycles. The first-order chi connectivity index (χ1) is 16.8. The van der Waals surface area contributed by atoms with Crippen LogP contribution < -0.4 is 11.1 Å². The lowest BCUT2D eigenvalue weighted by Crippen LogP contribution is -2.53. The zero-order valence-corrected chi connectivity index (χ0v) is 18.7. The van der Waals surface area contributed by atoms with Crippen molar-refractivity contribution in [2.24, 2.45) is 5.73 Å². The van der Waals surface area contributed by atoms with E-state index in [1.54, 1.807) is 36.7 Å². The molecule has 1 saturated heterocycles. The molecule has 0 bridgehead atoms. The Morgan fingerprint density at radius 2 is 1.94 bits per heavy atom. The number of rotatable bonds is 6. The number of primary amides is 1. The number of carbonyl (C=O) groups is 3. The normalized spacial score (nSPS) is 23.8. The van der Waals surface area contributed by atoms with Gasteiger partial charge in [0.1, 0.15) is 18.8 Å². The van der Waals surface area contributed by atoms with Crippen molar-refractivity contribution in [2.45, 2.75) is 50.2 Å². The second-order valence-corrected chi connectivity index (χ2v) is 8.96. The predicted molar refractivity (Wildman–Crippen MR) is 121 cm³/mol. The summed E-state index contributed by atoms with van der Waals surface area (Å²) in [6.07, 6.45) is 2.14. The van der Waals surface area contributed by atoms with Gasteiger partial charge in [-0.2, -0.15) is 15.3 Å². The number of nitrogens with zero attached hydrogens (tertiary/aromatic N) is 5. The summed E-state index contributed by atoms with van der Waals surface area (Å²) in [5.74, 6) is -1.69. The molecule has 0 spiro atoms. The van der Waals surface area contributed by atoms with E-state index in [4.69, 9.17) is 5.73 Å². The third-order valence-corrected chi connectivity index (χ3v) is 6.52. The van der Waals surface area contributed by atoms with Crippen LogP contribution in [0.4, 0.5) is 4.39 Å². The number of aromatic nitrogens is 4. The van der Waals surface area contributed by atoms with Crippen LogP contribution in [0.3, 0.4) is 0 Å². The smallest absolute Gasteiger partial charge is 0.269 e. The topological polar surface area (TPSA) is 156 Å². The summed E-state index contributed by atoms with van der Waals surface area (Å²) in [5.41, 5.74) is 7.57. The highest BCUT2D eigenvalue weighted by molar-refractivity contribution is 6.05. The summed E-state index contributed by atoms with van der Waals surface area (Å²) in [7, 11) is 0. The van der Waals surface area contributed by atoms with Gasteiger partial charge < -0.3 is 21.1 Å². The van der Waals surface area contributed by atoms with Gasteiger partial charge in [0, 0.05) is 23.4 Å². The van der Waals surface area contributed by atoms with Crippen LogP contribution in [-0.4, -0.2) is 78.6 Å². The summed E-state index contributed by atoms with van der Waals surface area (Å²) in [4.78, 5) is 39.1. The highest BCUT2D eigenvalue weighted by Gasteiger charge is 2.41. The van der Waals surface area contributed by atoms with Crippen molar-refractivity contribution in [3.05, 3.63) is 42.4 Å². The Morgan fingerprint density at radius 1 is 1.14 bits per heavy atom. The van der Waals surface area contributed by atoms with Crippen molar-refractivity contribution in [3.8, 4) is 11.1 Å². The molecule has 3 amide bonds. The molecule has 2 fully saturated rings. The first-order valence-corrected chi connectivity index (χ1v) is 11.3. The molecule has 2 unspecified atom stereocenters. The number of halogens is 1. The highest BCUT2D eigenvalue weighted by Crippen LogP contribution is 2.28. The molecule has 35 heavy (non-hydrogen) atoms. The standard InChI is InChI=1S/C23H24FN7O4/c24-14-6-19(23(35)28-15-7-16(32)8-15)30(10-14)20(33)11-31-18-2-1-12(13-3-4-26-27-9-13)5-17(18)21(29-31)22(25)34/h1-5,9,14-16,19,32H,6-8,10-11H2,(H2,25,34)(H,28,35). The average molecular weight is 481 g/mol. The van der Waals surface area contributed by atoms with Crippen molar-refractivity contribution < 1.29 is 23.9 Å². The van der Waals surface area contributed by atoms with E-state index in [9.17, 15) is 23.9 Å². The molecule has 182 valence electrons. The maximum atomic E-state index is 14.2. The summed E-state index contributed by atoms with van der Waals surface area (Å²) in [6, 6.07) is 5.89. The molecule has 1 aromatic carbocycles. The number of hydrogen-bond acceptors (Lipinski definition) is 7. The number of nitrogens with two attached hydrogens (primary N) is 1. The Labute approximate surface area is 199 Å². The maximum Gasteiger partial charge on any atom is 0.269 e. The van der Waals surface area contributed by atoms with Gasteiger partial charge in [0.2, 0.25) is 11.8 Å². The maximum absolute atomic E-state index is 14.2. The minimum atomic E-state index is -1.33. The summed E-state index contributed by atoms with van der Waals surface area (Å²) >= 11 is 0. The van der Waals surface area contributed by atoms with E-state index in [1.165, 1.54) is 9.58 Å². The monoisotopic (exact) mass is 481 g/mol. The fourth-order valence-corrected chi connectivity index (χ4v) is 4.65. The first-order valence-electron chi connectivity index (χ1n) is 11.3. The number of carbonyl (C=O) groups excluding carboxylic acids is 3. The molecule has 1 aliphatic carbocycles. The lowest BCUT2D eigenvalue weighted by atomic mass is 9.89. The molecule has 2 aromatic heterocycles. The third kappa shape index (κ3) is 4.44. The lowest BCUT2D eigenvalue weighted by molar-refractivity contribution is -0.139. The Bertz CT molecular complexity index is 1290. The molecule has 2 aliphatic rings. The Balaban J connectivity index is 1.39. The number of nitrogens with one attached hydrogen (secondary N) is 1. The molecule has 0 radical (unpaired) electrons. The van der Waals surface area contributed by atoms with Gasteiger partial charge in [0.15, 0.2) is 5.69 Å². The number of likely N-dealkylation sites (tertiary alicyclic amines) is 1. The number of hydrogen-bond donors (Lipinski definition) is 3. The minimum absolute atomic E-state index is 0.000658. The van der Waals surface area contributed by atoms with Gasteiger partial charge in [0.25, 0.3) is 5.91 Å². The van der Waals surface area contributed by atoms with Gasteiger partial charge in [-0.15, -0.1) is 0 Å². The summed E-state index contributed by atoms with van der Waals surface area (Å²) < 4.78 is 15.6. The number of fused-ring (bicyclic) bond motifs is 1. The molecular weight excluding hydrogens is 457 g/mol. The van der Waals surface area contributed by atoms with Gasteiger partial charge in [0.05, 0.1) is 30.6 Å². The van der Waals surface area contributed by atoms with Crippen LogP contribution in [0.1, 0.15) is 29.8 Å². The van der Waals surface area contributed by atoms with Crippen molar-refractivity contribution in [1.82, 2.24) is 30.2 Å². The third-order valence-electron chi connectivity index (χ3n) is 6.52. The van der Waals surface area contributed by atoms with Gasteiger partial charge in [-0.3, -0.25) is 19.1 Å². The highest BCUT2D eigenvalue weighted by atomic mass is 19.1. The number of alkyl halides is 1. The number of aliphatic hydroxyl groups excluding tert-OH is 1. The fourth-order valence-electron chi connectivity index (χ4n) is 4.65. The molecule has 11 nitrogen and oxygen atoms in total. The largest absolute Gasteiger partial charge is 0.393 e. The Morgan fingerprint density at radius 3 is 2.63 bits per heavy atom. The second-order valence-electron chi connectivity index (χ2n) is 8.96. The van der Waals surface area contributed by atoms with E-state index in [0.717, 1.165) is 11.1 Å². The zero-order valence-electron chi connectivity index (χ0n) is 18.7. The molecular formula is C23H24FN7O4. The van der Waals surface area contributed by atoms with Gasteiger partial charge in [-0.05, 0) is 36.6 Å². The summed E-state index contributed by atoms with van der Waals surface area (Å²) in [6.45, 7) is -0.496. The van der Waals surface area contributed by atoms with E-state index in [0.29, 0.717) is 23.7 Å². The molecule has 1 saturated carbocycles. The van der Waals surface area contributed by atoms with Crippen molar-refractivity contribution in [3.63, 3.8) is 0 Å². The zero-order chi connectivity index (χ0) is 24.7. The minimum Gasteiger partial charge on any atom is -0.393 e.